The van der Waals surface area contributed by atoms with Crippen LogP contribution in [0.3, 0.4) is 0 Å². The van der Waals surface area contributed by atoms with Gasteiger partial charge in [0.25, 0.3) is 0 Å². The zero-order valence-electron chi connectivity index (χ0n) is 12.4. The zero-order chi connectivity index (χ0) is 14.9. The molecule has 3 aromatic rings. The van der Waals surface area contributed by atoms with Crippen molar-refractivity contribution in [2.75, 3.05) is 0 Å². The third kappa shape index (κ3) is 2.35. The Balaban J connectivity index is 1.83. The molecule has 22 heavy (non-hydrogen) atoms. The maximum atomic E-state index is 12.6. The maximum absolute atomic E-state index is 12.6. The number of benzene rings is 1. The molecule has 1 aliphatic rings. The molecule has 3 aromatic carbocycles. The SMILES string of the molecule is O=C(OC1CCCC1)c1ccccc2cc3cccc3cc12. The standard InChI is InChI=1S/C20H18O2/c21-20(22-17-9-2-3-10-17)18-11-4-1-6-16-12-14-7-5-8-15(14)13-19(16)18/h1,4-8,11-13,17H,2-3,9-10H2. The lowest BCUT2D eigenvalue weighted by molar-refractivity contribution is 0.0320. The zero-order valence-corrected chi connectivity index (χ0v) is 12.4. The highest BCUT2D eigenvalue weighted by Gasteiger charge is 2.21. The lowest BCUT2D eigenvalue weighted by atomic mass is 10.1. The van der Waals surface area contributed by atoms with Crippen LogP contribution >= 0.6 is 0 Å². The Kier molecular flexibility index (Phi) is 3.30. The summed E-state index contributed by atoms with van der Waals surface area (Å²) in [4.78, 5) is 12.6. The average molecular weight is 290 g/mol. The highest BCUT2D eigenvalue weighted by Crippen LogP contribution is 2.27. The molecule has 1 saturated carbocycles. The molecule has 0 aliphatic heterocycles. The van der Waals surface area contributed by atoms with E-state index in [9.17, 15) is 4.79 Å². The van der Waals surface area contributed by atoms with Crippen molar-refractivity contribution in [1.29, 1.82) is 0 Å². The van der Waals surface area contributed by atoms with Gasteiger partial charge in [-0.1, -0.05) is 36.4 Å². The van der Waals surface area contributed by atoms with E-state index < -0.39 is 0 Å². The molecule has 0 bridgehead atoms. The van der Waals surface area contributed by atoms with Crippen LogP contribution < -0.4 is 0 Å². The van der Waals surface area contributed by atoms with E-state index in [2.05, 4.69) is 24.3 Å². The molecule has 0 amide bonds. The number of carbonyl (C=O) groups is 1. The Hall–Kier alpha value is -2.35. The molecule has 0 saturated heterocycles. The fourth-order valence-electron chi connectivity index (χ4n) is 3.37. The molecule has 2 heteroatoms. The van der Waals surface area contributed by atoms with Crippen molar-refractivity contribution in [3.63, 3.8) is 0 Å². The smallest absolute Gasteiger partial charge is 0.339 e. The van der Waals surface area contributed by atoms with Crippen LogP contribution in [0.25, 0.3) is 21.5 Å². The van der Waals surface area contributed by atoms with Crippen molar-refractivity contribution in [3.05, 3.63) is 60.2 Å². The van der Waals surface area contributed by atoms with Gasteiger partial charge in [-0.05, 0) is 65.4 Å². The molecule has 0 radical (unpaired) electrons. The van der Waals surface area contributed by atoms with E-state index in [-0.39, 0.29) is 12.1 Å². The predicted octanol–water partition coefficient (Wildman–Crippen LogP) is 5.09. The van der Waals surface area contributed by atoms with Gasteiger partial charge in [-0.3, -0.25) is 0 Å². The summed E-state index contributed by atoms with van der Waals surface area (Å²) >= 11 is 0. The normalized spacial score (nSPS) is 15.5. The van der Waals surface area contributed by atoms with Crippen LogP contribution in [-0.4, -0.2) is 12.1 Å². The molecule has 110 valence electrons. The first-order valence-corrected chi connectivity index (χ1v) is 7.94. The van der Waals surface area contributed by atoms with E-state index in [4.69, 9.17) is 4.74 Å². The second kappa shape index (κ2) is 5.45. The molecule has 0 N–H and O–H groups in total. The Morgan fingerprint density at radius 3 is 2.36 bits per heavy atom. The van der Waals surface area contributed by atoms with Crippen LogP contribution in [-0.2, 0) is 4.74 Å². The number of hydrogen-bond donors (Lipinski definition) is 0. The highest BCUT2D eigenvalue weighted by molar-refractivity contribution is 6.08. The van der Waals surface area contributed by atoms with Crippen molar-refractivity contribution in [2.24, 2.45) is 0 Å². The first-order valence-electron chi connectivity index (χ1n) is 7.94. The summed E-state index contributed by atoms with van der Waals surface area (Å²) in [5.41, 5.74) is 0.662. The third-order valence-corrected chi connectivity index (χ3v) is 4.54. The summed E-state index contributed by atoms with van der Waals surface area (Å²) in [5.74, 6) is -0.195. The quantitative estimate of drug-likeness (QED) is 0.614. The van der Waals surface area contributed by atoms with Gasteiger partial charge in [0.1, 0.15) is 6.10 Å². The van der Waals surface area contributed by atoms with E-state index in [0.717, 1.165) is 41.8 Å². The maximum Gasteiger partial charge on any atom is 0.339 e. The number of carbonyl (C=O) groups excluding carboxylic acids is 1. The molecular weight excluding hydrogens is 272 g/mol. The van der Waals surface area contributed by atoms with Gasteiger partial charge in [-0.15, -0.1) is 0 Å². The van der Waals surface area contributed by atoms with Gasteiger partial charge in [-0.25, -0.2) is 4.79 Å². The fraction of sp³-hybridized carbons (Fsp3) is 0.250. The van der Waals surface area contributed by atoms with Crippen molar-refractivity contribution in [1.82, 2.24) is 0 Å². The van der Waals surface area contributed by atoms with E-state index >= 15 is 0 Å². The Bertz CT molecular complexity index is 845. The molecule has 4 rings (SSSR count). The van der Waals surface area contributed by atoms with Gasteiger partial charge in [0, 0.05) is 0 Å². The van der Waals surface area contributed by atoms with Gasteiger partial charge >= 0.3 is 5.97 Å². The van der Waals surface area contributed by atoms with Crippen molar-refractivity contribution in [3.8, 4) is 0 Å². The first-order chi connectivity index (χ1) is 10.8. The first kappa shape index (κ1) is 13.3. The molecule has 0 spiro atoms. The van der Waals surface area contributed by atoms with Gasteiger partial charge in [0.2, 0.25) is 0 Å². The minimum absolute atomic E-state index is 0.0933. The average Bonchev–Trinajstić information content (AvgIpc) is 3.13. The monoisotopic (exact) mass is 290 g/mol. The number of esters is 1. The van der Waals surface area contributed by atoms with E-state index in [1.54, 1.807) is 0 Å². The van der Waals surface area contributed by atoms with Gasteiger partial charge in [-0.2, -0.15) is 0 Å². The lowest BCUT2D eigenvalue weighted by Crippen LogP contribution is -2.14. The summed E-state index contributed by atoms with van der Waals surface area (Å²) in [7, 11) is 0. The largest absolute Gasteiger partial charge is 0.459 e. The summed E-state index contributed by atoms with van der Waals surface area (Å²) < 4.78 is 5.70. The van der Waals surface area contributed by atoms with Crippen LogP contribution in [0.2, 0.25) is 0 Å². The number of rotatable bonds is 2. The predicted molar refractivity (Wildman–Crippen MR) is 89.1 cm³/mol. The van der Waals surface area contributed by atoms with Crippen LogP contribution in [0.5, 0.6) is 0 Å². The molecule has 1 aliphatic carbocycles. The van der Waals surface area contributed by atoms with Crippen molar-refractivity contribution >= 4 is 27.5 Å². The molecule has 0 aromatic heterocycles. The van der Waals surface area contributed by atoms with Gasteiger partial charge in [0.05, 0.1) is 5.56 Å². The van der Waals surface area contributed by atoms with Crippen LogP contribution in [0.15, 0.2) is 54.6 Å². The number of fused-ring (bicyclic) bond motifs is 2. The second-order valence-corrected chi connectivity index (χ2v) is 6.04. The fourth-order valence-corrected chi connectivity index (χ4v) is 3.37. The summed E-state index contributed by atoms with van der Waals surface area (Å²) in [6.07, 6.45) is 4.41. The van der Waals surface area contributed by atoms with Crippen LogP contribution in [0, 0.1) is 0 Å². The molecular formula is C20H18O2. The Morgan fingerprint density at radius 2 is 1.55 bits per heavy atom. The number of ether oxygens (including phenoxy) is 1. The van der Waals surface area contributed by atoms with E-state index in [1.807, 2.05) is 30.3 Å². The summed E-state index contributed by atoms with van der Waals surface area (Å²) in [5, 5.41) is 4.40. The van der Waals surface area contributed by atoms with Gasteiger partial charge in [0.15, 0.2) is 0 Å². The minimum atomic E-state index is -0.195. The minimum Gasteiger partial charge on any atom is -0.459 e. The Morgan fingerprint density at radius 1 is 0.864 bits per heavy atom. The van der Waals surface area contributed by atoms with Crippen molar-refractivity contribution < 1.29 is 9.53 Å². The highest BCUT2D eigenvalue weighted by atomic mass is 16.5. The lowest BCUT2D eigenvalue weighted by Gasteiger charge is -2.11. The molecule has 0 heterocycles. The van der Waals surface area contributed by atoms with E-state index in [1.165, 1.54) is 5.39 Å². The number of hydrogen-bond acceptors (Lipinski definition) is 2. The van der Waals surface area contributed by atoms with Crippen LogP contribution in [0.4, 0.5) is 0 Å². The summed E-state index contributed by atoms with van der Waals surface area (Å²) in [6.45, 7) is 0. The molecule has 0 unspecified atom stereocenters. The molecule has 0 atom stereocenters. The molecule has 1 fully saturated rings. The third-order valence-electron chi connectivity index (χ3n) is 4.54. The van der Waals surface area contributed by atoms with Crippen LogP contribution in [0.1, 0.15) is 36.0 Å². The second-order valence-electron chi connectivity index (χ2n) is 6.04. The van der Waals surface area contributed by atoms with Gasteiger partial charge < -0.3 is 4.74 Å². The topological polar surface area (TPSA) is 26.3 Å². The van der Waals surface area contributed by atoms with Crippen molar-refractivity contribution in [2.45, 2.75) is 31.8 Å². The Labute approximate surface area is 129 Å². The summed E-state index contributed by atoms with van der Waals surface area (Å²) in [6, 6.07) is 18.3. The van der Waals surface area contributed by atoms with E-state index in [0.29, 0.717) is 5.56 Å². The molecule has 2 nitrogen and oxygen atoms in total.